The van der Waals surface area contributed by atoms with Crippen LogP contribution in [0.5, 0.6) is 0 Å². The van der Waals surface area contributed by atoms with Gasteiger partial charge in [0.2, 0.25) is 0 Å². The van der Waals surface area contributed by atoms with E-state index in [4.69, 9.17) is 4.74 Å². The van der Waals surface area contributed by atoms with Gasteiger partial charge in [0.1, 0.15) is 5.82 Å². The topological polar surface area (TPSA) is 101 Å². The molecule has 2 amide bonds. The largest absolute Gasteiger partial charge is 0.465 e. The van der Waals surface area contributed by atoms with Crippen LogP contribution in [0.1, 0.15) is 34.1 Å². The van der Waals surface area contributed by atoms with Crippen molar-refractivity contribution in [3.05, 3.63) is 53.7 Å². The van der Waals surface area contributed by atoms with E-state index in [1.54, 1.807) is 48.2 Å². The molecule has 164 valence electrons. The summed E-state index contributed by atoms with van der Waals surface area (Å²) < 4.78 is 9.65. The Morgan fingerprint density at radius 3 is 2.35 bits per heavy atom. The summed E-state index contributed by atoms with van der Waals surface area (Å²) in [6.07, 6.45) is 2.30. The zero-order valence-corrected chi connectivity index (χ0v) is 17.7. The summed E-state index contributed by atoms with van der Waals surface area (Å²) in [6.45, 7) is 4.61. The van der Waals surface area contributed by atoms with Crippen molar-refractivity contribution in [1.82, 2.24) is 9.88 Å². The molecule has 3 rings (SSSR count). The van der Waals surface area contributed by atoms with Crippen LogP contribution >= 0.6 is 0 Å². The highest BCUT2D eigenvalue weighted by atomic mass is 16.5. The molecule has 0 atom stereocenters. The minimum absolute atomic E-state index is 0.196. The number of methoxy groups -OCH3 is 1. The Labute approximate surface area is 180 Å². The maximum absolute atomic E-state index is 12.7. The van der Waals surface area contributed by atoms with Gasteiger partial charge in [-0.1, -0.05) is 0 Å². The fourth-order valence-electron chi connectivity index (χ4n) is 3.27. The second kappa shape index (κ2) is 10.4. The summed E-state index contributed by atoms with van der Waals surface area (Å²) in [5.74, 6) is -0.0528. The lowest BCUT2D eigenvalue weighted by Crippen LogP contribution is -2.38. The number of aromatic nitrogens is 1. The number of ether oxygens (including phenoxy) is 2. The first-order chi connectivity index (χ1) is 15.0. The van der Waals surface area contributed by atoms with Crippen LogP contribution in [0.3, 0.4) is 0 Å². The molecule has 1 N–H and O–H groups in total. The Kier molecular flexibility index (Phi) is 7.42. The third-order valence-corrected chi connectivity index (χ3v) is 4.92. The van der Waals surface area contributed by atoms with E-state index in [0.29, 0.717) is 43.1 Å². The number of hydrogen-bond acceptors (Lipinski definition) is 7. The maximum atomic E-state index is 12.7. The summed E-state index contributed by atoms with van der Waals surface area (Å²) in [7, 11) is 1.32. The molecule has 1 aromatic carbocycles. The van der Waals surface area contributed by atoms with Gasteiger partial charge in [0.25, 0.3) is 0 Å². The van der Waals surface area contributed by atoms with Crippen LogP contribution in [0.4, 0.5) is 16.3 Å². The van der Waals surface area contributed by atoms with Crippen molar-refractivity contribution in [2.24, 2.45) is 0 Å². The molecule has 0 unspecified atom stereocenters. The molecule has 9 heteroatoms. The van der Waals surface area contributed by atoms with Crippen molar-refractivity contribution in [3.8, 4) is 0 Å². The molecule has 31 heavy (non-hydrogen) atoms. The van der Waals surface area contributed by atoms with Crippen LogP contribution in [-0.4, -0.2) is 67.7 Å². The van der Waals surface area contributed by atoms with Crippen LogP contribution in [0.15, 0.2) is 42.6 Å². The van der Waals surface area contributed by atoms with E-state index >= 15 is 0 Å². The van der Waals surface area contributed by atoms with Gasteiger partial charge < -0.3 is 24.6 Å². The van der Waals surface area contributed by atoms with Crippen molar-refractivity contribution in [2.75, 3.05) is 50.1 Å². The van der Waals surface area contributed by atoms with Gasteiger partial charge in [-0.3, -0.25) is 0 Å². The highest BCUT2D eigenvalue weighted by molar-refractivity contribution is 5.92. The monoisotopic (exact) mass is 426 g/mol. The molecule has 1 fully saturated rings. The molecule has 0 aliphatic carbocycles. The van der Waals surface area contributed by atoms with Crippen molar-refractivity contribution >= 4 is 29.5 Å². The van der Waals surface area contributed by atoms with Gasteiger partial charge in [-0.2, -0.15) is 0 Å². The third kappa shape index (κ3) is 5.71. The summed E-state index contributed by atoms with van der Waals surface area (Å²) in [5.41, 5.74) is 1.45. The Morgan fingerprint density at radius 2 is 1.71 bits per heavy atom. The molecule has 1 aliphatic heterocycles. The zero-order valence-electron chi connectivity index (χ0n) is 17.7. The Balaban J connectivity index is 1.56. The number of pyridine rings is 1. The van der Waals surface area contributed by atoms with Gasteiger partial charge in [0.05, 0.1) is 24.8 Å². The number of benzene rings is 1. The van der Waals surface area contributed by atoms with E-state index in [0.717, 1.165) is 18.8 Å². The second-order valence-electron chi connectivity index (χ2n) is 6.95. The first kappa shape index (κ1) is 22.1. The van der Waals surface area contributed by atoms with Crippen molar-refractivity contribution in [3.63, 3.8) is 0 Å². The van der Waals surface area contributed by atoms with Gasteiger partial charge in [-0.05, 0) is 49.7 Å². The van der Waals surface area contributed by atoms with Crippen LogP contribution in [-0.2, 0) is 9.47 Å². The second-order valence-corrected chi connectivity index (χ2v) is 6.95. The molecule has 0 saturated carbocycles. The number of nitrogens with one attached hydrogen (secondary N) is 1. The van der Waals surface area contributed by atoms with Crippen LogP contribution in [0.2, 0.25) is 0 Å². The molecule has 9 nitrogen and oxygen atoms in total. The van der Waals surface area contributed by atoms with Gasteiger partial charge in [-0.25, -0.2) is 19.4 Å². The van der Waals surface area contributed by atoms with Crippen LogP contribution in [0, 0.1) is 0 Å². The number of esters is 2. The minimum Gasteiger partial charge on any atom is -0.465 e. The lowest BCUT2D eigenvalue weighted by molar-refractivity contribution is 0.0524. The molecule has 1 saturated heterocycles. The number of urea groups is 1. The van der Waals surface area contributed by atoms with Gasteiger partial charge in [0.15, 0.2) is 0 Å². The van der Waals surface area contributed by atoms with E-state index in [1.807, 2.05) is 0 Å². The number of carbonyl (C=O) groups excluding carboxylic acids is 3. The Hall–Kier alpha value is -3.62. The number of rotatable bonds is 5. The van der Waals surface area contributed by atoms with E-state index in [-0.39, 0.29) is 12.0 Å². The normalized spacial score (nSPS) is 13.9. The highest BCUT2D eigenvalue weighted by Gasteiger charge is 2.20. The molecular formula is C22H26N4O5. The smallest absolute Gasteiger partial charge is 0.339 e. The highest BCUT2D eigenvalue weighted by Crippen LogP contribution is 2.16. The first-order valence-electron chi connectivity index (χ1n) is 10.1. The van der Waals surface area contributed by atoms with Gasteiger partial charge in [-0.15, -0.1) is 0 Å². The molecule has 0 bridgehead atoms. The minimum atomic E-state index is -0.422. The van der Waals surface area contributed by atoms with E-state index in [1.165, 1.54) is 13.3 Å². The average Bonchev–Trinajstić information content (AvgIpc) is 3.06. The molecular weight excluding hydrogens is 400 g/mol. The Bertz CT molecular complexity index is 915. The fraction of sp³-hybridized carbons (Fsp3) is 0.364. The molecule has 2 heterocycles. The fourth-order valence-corrected chi connectivity index (χ4v) is 3.27. The summed E-state index contributed by atoms with van der Waals surface area (Å²) >= 11 is 0. The lowest BCUT2D eigenvalue weighted by atomic mass is 10.2. The predicted molar refractivity (Wildman–Crippen MR) is 115 cm³/mol. The average molecular weight is 426 g/mol. The summed E-state index contributed by atoms with van der Waals surface area (Å²) in [6, 6.07) is 9.86. The Morgan fingerprint density at radius 1 is 0.968 bits per heavy atom. The van der Waals surface area contributed by atoms with Gasteiger partial charge >= 0.3 is 18.0 Å². The molecule has 1 aromatic heterocycles. The van der Waals surface area contributed by atoms with Crippen molar-refractivity contribution < 1.29 is 23.9 Å². The standard InChI is InChI=1S/C22H26N4O5/c1-3-31-21(28)17-7-10-19(23-15-17)25-11-4-12-26(14-13-25)22(29)24-18-8-5-16(6-9-18)20(27)30-2/h5-10,15H,3-4,11-14H2,1-2H3,(H,24,29). The summed E-state index contributed by atoms with van der Waals surface area (Å²) in [4.78, 5) is 44.2. The maximum Gasteiger partial charge on any atom is 0.339 e. The molecule has 0 radical (unpaired) electrons. The van der Waals surface area contributed by atoms with Crippen molar-refractivity contribution in [1.29, 1.82) is 0 Å². The SMILES string of the molecule is CCOC(=O)c1ccc(N2CCCN(C(=O)Nc3ccc(C(=O)OC)cc3)CC2)nc1. The van der Waals surface area contributed by atoms with Gasteiger partial charge in [0, 0.05) is 38.1 Å². The molecule has 2 aromatic rings. The number of nitrogens with zero attached hydrogens (tertiary/aromatic N) is 3. The van der Waals surface area contributed by atoms with Crippen LogP contribution in [0.25, 0.3) is 0 Å². The third-order valence-electron chi connectivity index (χ3n) is 4.92. The first-order valence-corrected chi connectivity index (χ1v) is 10.1. The summed E-state index contributed by atoms with van der Waals surface area (Å²) in [5, 5.41) is 2.86. The van der Waals surface area contributed by atoms with E-state index in [2.05, 4.69) is 19.9 Å². The molecule has 1 aliphatic rings. The van der Waals surface area contributed by atoms with E-state index in [9.17, 15) is 14.4 Å². The van der Waals surface area contributed by atoms with Crippen molar-refractivity contribution in [2.45, 2.75) is 13.3 Å². The lowest BCUT2D eigenvalue weighted by Gasteiger charge is -2.23. The molecule has 0 spiro atoms. The number of carbonyl (C=O) groups is 3. The number of hydrogen-bond donors (Lipinski definition) is 1. The quantitative estimate of drug-likeness (QED) is 0.734. The predicted octanol–water partition coefficient (Wildman–Crippen LogP) is 2.79. The number of amides is 2. The number of anilines is 2. The van der Waals surface area contributed by atoms with Crippen LogP contribution < -0.4 is 10.2 Å². The van der Waals surface area contributed by atoms with E-state index < -0.39 is 5.97 Å². The zero-order chi connectivity index (χ0) is 22.2.